The highest BCUT2D eigenvalue weighted by atomic mass is 14.1. The van der Waals surface area contributed by atoms with E-state index < -0.39 is 0 Å². The molecule has 0 fully saturated rings. The molecule has 1 rings (SSSR count). The second-order valence-corrected chi connectivity index (χ2v) is 3.33. The average Bonchev–Trinajstić information content (AvgIpc) is 2.62. The molecule has 0 unspecified atom stereocenters. The summed E-state index contributed by atoms with van der Waals surface area (Å²) in [5.74, 6) is 0. The highest BCUT2D eigenvalue weighted by Gasteiger charge is 2.01. The minimum Gasteiger partial charge on any atom is -0.0991 e. The van der Waals surface area contributed by atoms with Gasteiger partial charge in [0, 0.05) is 0 Å². The first-order chi connectivity index (χ1) is 8.77. The Morgan fingerprint density at radius 3 is 2.22 bits per heavy atom. The van der Waals surface area contributed by atoms with Gasteiger partial charge in [0.25, 0.3) is 0 Å². The van der Waals surface area contributed by atoms with Crippen LogP contribution in [0.2, 0.25) is 0 Å². The van der Waals surface area contributed by atoms with Gasteiger partial charge >= 0.3 is 0 Å². The molecule has 0 spiro atoms. The lowest BCUT2D eigenvalue weighted by Gasteiger charge is -2.03. The van der Waals surface area contributed by atoms with E-state index in [9.17, 15) is 0 Å². The van der Waals surface area contributed by atoms with E-state index in [2.05, 4.69) is 44.4 Å². The SMILES string of the molecule is C=C/C=C\C1=C(C=C)CC(C)=CC=C1.CC.CC. The second kappa shape index (κ2) is 13.5. The molecule has 0 amide bonds. The molecule has 0 aromatic carbocycles. The quantitative estimate of drug-likeness (QED) is 0.521. The Labute approximate surface area is 114 Å². The molecule has 1 aliphatic carbocycles. The molecule has 0 nitrogen and oxygen atoms in total. The topological polar surface area (TPSA) is 0 Å². The summed E-state index contributed by atoms with van der Waals surface area (Å²) in [5, 5.41) is 0. The van der Waals surface area contributed by atoms with E-state index in [0.717, 1.165) is 6.42 Å². The van der Waals surface area contributed by atoms with Gasteiger partial charge in [0.2, 0.25) is 0 Å². The summed E-state index contributed by atoms with van der Waals surface area (Å²) in [6, 6.07) is 0. The number of allylic oxidation sites excluding steroid dienone is 10. The third kappa shape index (κ3) is 7.67. The molecular weight excluding hydrogens is 216 g/mol. The van der Waals surface area contributed by atoms with Crippen molar-refractivity contribution in [1.82, 2.24) is 0 Å². The van der Waals surface area contributed by atoms with Crippen molar-refractivity contribution in [2.75, 3.05) is 0 Å². The van der Waals surface area contributed by atoms with E-state index in [-0.39, 0.29) is 0 Å². The third-order valence-electron chi connectivity index (χ3n) is 2.15. The highest BCUT2D eigenvalue weighted by Crippen LogP contribution is 2.21. The molecule has 0 aliphatic heterocycles. The summed E-state index contributed by atoms with van der Waals surface area (Å²) in [7, 11) is 0. The molecule has 0 aromatic rings. The van der Waals surface area contributed by atoms with Gasteiger partial charge in [-0.3, -0.25) is 0 Å². The normalized spacial score (nSPS) is 13.7. The van der Waals surface area contributed by atoms with Crippen LogP contribution in [-0.2, 0) is 0 Å². The van der Waals surface area contributed by atoms with Crippen molar-refractivity contribution < 1.29 is 0 Å². The highest BCUT2D eigenvalue weighted by molar-refractivity contribution is 5.46. The minimum atomic E-state index is 0.979. The fourth-order valence-corrected chi connectivity index (χ4v) is 1.41. The molecule has 0 aromatic heterocycles. The van der Waals surface area contributed by atoms with Crippen LogP contribution >= 0.6 is 0 Å². The molecule has 0 radical (unpaired) electrons. The maximum atomic E-state index is 3.84. The Hall–Kier alpha value is -1.56. The van der Waals surface area contributed by atoms with E-state index >= 15 is 0 Å². The Morgan fingerprint density at radius 1 is 1.11 bits per heavy atom. The lowest BCUT2D eigenvalue weighted by Crippen LogP contribution is -1.84. The molecule has 0 saturated carbocycles. The average molecular weight is 244 g/mol. The summed E-state index contributed by atoms with van der Waals surface area (Å²) in [6.45, 7) is 17.6. The van der Waals surface area contributed by atoms with Gasteiger partial charge in [-0.15, -0.1) is 0 Å². The number of hydrogen-bond donors (Lipinski definition) is 0. The van der Waals surface area contributed by atoms with E-state index in [1.54, 1.807) is 6.08 Å². The lowest BCUT2D eigenvalue weighted by atomic mass is 10.0. The van der Waals surface area contributed by atoms with Crippen LogP contribution in [0.15, 0.2) is 72.4 Å². The smallest absolute Gasteiger partial charge is 0.00610 e. The Morgan fingerprint density at radius 2 is 1.72 bits per heavy atom. The maximum absolute atomic E-state index is 3.84. The van der Waals surface area contributed by atoms with Crippen LogP contribution in [0, 0.1) is 0 Å². The van der Waals surface area contributed by atoms with Gasteiger partial charge in [0.15, 0.2) is 0 Å². The predicted octanol–water partition coefficient (Wildman–Crippen LogP) is 6.17. The number of rotatable bonds is 3. The van der Waals surface area contributed by atoms with Gasteiger partial charge in [-0.2, -0.15) is 0 Å². The summed E-state index contributed by atoms with van der Waals surface area (Å²) in [6.07, 6.45) is 15.0. The van der Waals surface area contributed by atoms with Gasteiger partial charge in [-0.1, -0.05) is 89.0 Å². The molecule has 0 heteroatoms. The number of hydrogen-bond acceptors (Lipinski definition) is 0. The van der Waals surface area contributed by atoms with E-state index in [1.165, 1.54) is 16.7 Å². The van der Waals surface area contributed by atoms with Gasteiger partial charge < -0.3 is 0 Å². The van der Waals surface area contributed by atoms with Gasteiger partial charge in [-0.25, -0.2) is 0 Å². The van der Waals surface area contributed by atoms with Gasteiger partial charge in [0.1, 0.15) is 0 Å². The molecule has 0 saturated heterocycles. The fraction of sp³-hybridized carbons (Fsp3) is 0.333. The van der Waals surface area contributed by atoms with Crippen LogP contribution in [0.5, 0.6) is 0 Å². The van der Waals surface area contributed by atoms with Crippen LogP contribution in [0.25, 0.3) is 0 Å². The van der Waals surface area contributed by atoms with Crippen LogP contribution < -0.4 is 0 Å². The molecule has 0 N–H and O–H groups in total. The molecule has 18 heavy (non-hydrogen) atoms. The zero-order valence-electron chi connectivity index (χ0n) is 12.7. The minimum absolute atomic E-state index is 0.979. The first kappa shape index (κ1) is 18.8. The maximum Gasteiger partial charge on any atom is -0.00610 e. The van der Waals surface area contributed by atoms with Gasteiger partial charge in [0.05, 0.1) is 0 Å². The largest absolute Gasteiger partial charge is 0.0991 e. The van der Waals surface area contributed by atoms with Crippen molar-refractivity contribution in [2.24, 2.45) is 0 Å². The summed E-state index contributed by atoms with van der Waals surface area (Å²) >= 11 is 0. The lowest BCUT2D eigenvalue weighted by molar-refractivity contribution is 1.15. The van der Waals surface area contributed by atoms with Crippen LogP contribution in [0.3, 0.4) is 0 Å². The van der Waals surface area contributed by atoms with Crippen LogP contribution in [-0.4, -0.2) is 0 Å². The standard InChI is InChI=1S/C14H16.2C2H6/c1-4-6-9-14-10-7-8-12(3)11-13(14)5-2;2*1-2/h4-10H,1-2,11H2,3H3;2*1-2H3/b9-6-;;. The molecule has 1 aliphatic rings. The second-order valence-electron chi connectivity index (χ2n) is 3.33. The van der Waals surface area contributed by atoms with Gasteiger partial charge in [-0.05, 0) is 24.5 Å². The fourth-order valence-electron chi connectivity index (χ4n) is 1.41. The molecule has 0 heterocycles. The molecule has 100 valence electrons. The van der Waals surface area contributed by atoms with E-state index in [0.29, 0.717) is 0 Å². The molecule has 0 atom stereocenters. The first-order valence-electron chi connectivity index (χ1n) is 6.76. The Bertz CT molecular complexity index is 346. The van der Waals surface area contributed by atoms with Crippen molar-refractivity contribution in [1.29, 1.82) is 0 Å². The van der Waals surface area contributed by atoms with Crippen molar-refractivity contribution in [2.45, 2.75) is 41.0 Å². The van der Waals surface area contributed by atoms with Crippen LogP contribution in [0.1, 0.15) is 41.0 Å². The van der Waals surface area contributed by atoms with Crippen LogP contribution in [0.4, 0.5) is 0 Å². The van der Waals surface area contributed by atoms with Crippen molar-refractivity contribution in [3.8, 4) is 0 Å². The first-order valence-corrected chi connectivity index (χ1v) is 6.76. The van der Waals surface area contributed by atoms with E-state index in [4.69, 9.17) is 0 Å². The zero-order chi connectivity index (χ0) is 14.4. The molecular formula is C18H28. The third-order valence-corrected chi connectivity index (χ3v) is 2.15. The Balaban J connectivity index is 0. The summed E-state index contributed by atoms with van der Waals surface area (Å²) in [5.41, 5.74) is 3.84. The van der Waals surface area contributed by atoms with Crippen molar-refractivity contribution in [3.63, 3.8) is 0 Å². The zero-order valence-corrected chi connectivity index (χ0v) is 12.7. The monoisotopic (exact) mass is 244 g/mol. The summed E-state index contributed by atoms with van der Waals surface area (Å²) < 4.78 is 0. The predicted molar refractivity (Wildman–Crippen MR) is 86.8 cm³/mol. The van der Waals surface area contributed by atoms with Crippen molar-refractivity contribution in [3.05, 3.63) is 72.4 Å². The Kier molecular flexibility index (Phi) is 14.1. The summed E-state index contributed by atoms with van der Waals surface area (Å²) in [4.78, 5) is 0. The molecule has 0 bridgehead atoms. The van der Waals surface area contributed by atoms with Crippen molar-refractivity contribution >= 4 is 0 Å². The van der Waals surface area contributed by atoms with E-state index in [1.807, 2.05) is 39.8 Å².